The highest BCUT2D eigenvalue weighted by atomic mass is 16.6. The Hall–Kier alpha value is -0.570. The fourth-order valence-corrected chi connectivity index (χ4v) is 0.639. The molecule has 0 aromatic carbocycles. The van der Waals surface area contributed by atoms with Gasteiger partial charge in [0.1, 0.15) is 5.60 Å². The molecule has 2 N–H and O–H groups in total. The molecule has 0 aliphatic carbocycles. The molecular formula is C8H18NO2+. The van der Waals surface area contributed by atoms with Crippen LogP contribution in [0.15, 0.2) is 0 Å². The van der Waals surface area contributed by atoms with Gasteiger partial charge < -0.3 is 10.5 Å². The van der Waals surface area contributed by atoms with Gasteiger partial charge in [-0.25, -0.2) is 0 Å². The van der Waals surface area contributed by atoms with E-state index in [9.17, 15) is 4.79 Å². The van der Waals surface area contributed by atoms with Crippen LogP contribution in [0, 0.1) is 0 Å². The lowest BCUT2D eigenvalue weighted by atomic mass is 10.2. The molecule has 0 aromatic rings. The Labute approximate surface area is 69.4 Å². The van der Waals surface area contributed by atoms with Gasteiger partial charge in [-0.2, -0.15) is 0 Å². The Kier molecular flexibility index (Phi) is 4.11. The Morgan fingerprint density at radius 3 is 2.45 bits per heavy atom. The minimum atomic E-state index is -0.369. The van der Waals surface area contributed by atoms with Crippen LogP contribution in [0.25, 0.3) is 0 Å². The third-order valence-electron chi connectivity index (χ3n) is 1.01. The SMILES string of the molecule is CC(C)(C)OC(=O)CCCN.[H+]. The third kappa shape index (κ3) is 7.33. The summed E-state index contributed by atoms with van der Waals surface area (Å²) in [4.78, 5) is 10.9. The summed E-state index contributed by atoms with van der Waals surface area (Å²) in [6, 6.07) is 0. The highest BCUT2D eigenvalue weighted by molar-refractivity contribution is 5.69. The molecule has 0 heterocycles. The maximum atomic E-state index is 10.9. The maximum Gasteiger partial charge on any atom is 1.00 e. The van der Waals surface area contributed by atoms with Crippen LogP contribution in [0.1, 0.15) is 35.0 Å². The van der Waals surface area contributed by atoms with Crippen LogP contribution in [0.3, 0.4) is 0 Å². The molecule has 0 unspecified atom stereocenters. The second kappa shape index (κ2) is 4.34. The fourth-order valence-electron chi connectivity index (χ4n) is 0.639. The Balaban J connectivity index is 0. The van der Waals surface area contributed by atoms with Gasteiger partial charge in [-0.1, -0.05) is 0 Å². The van der Waals surface area contributed by atoms with Gasteiger partial charge in [0.25, 0.3) is 0 Å². The van der Waals surface area contributed by atoms with Crippen molar-refractivity contribution in [3.05, 3.63) is 0 Å². The van der Waals surface area contributed by atoms with Crippen LogP contribution in [0.5, 0.6) is 0 Å². The van der Waals surface area contributed by atoms with E-state index in [2.05, 4.69) is 0 Å². The van der Waals surface area contributed by atoms with Crippen molar-refractivity contribution in [1.29, 1.82) is 0 Å². The average molecular weight is 160 g/mol. The first-order chi connectivity index (χ1) is 4.95. The summed E-state index contributed by atoms with van der Waals surface area (Å²) >= 11 is 0. The first-order valence-corrected chi connectivity index (χ1v) is 3.87. The summed E-state index contributed by atoms with van der Waals surface area (Å²) in [6.45, 7) is 6.10. The maximum absolute atomic E-state index is 10.9. The third-order valence-corrected chi connectivity index (χ3v) is 1.01. The van der Waals surface area contributed by atoms with Crippen molar-refractivity contribution in [2.24, 2.45) is 5.73 Å². The number of ether oxygens (including phenoxy) is 1. The monoisotopic (exact) mass is 160 g/mol. The van der Waals surface area contributed by atoms with E-state index in [4.69, 9.17) is 10.5 Å². The van der Waals surface area contributed by atoms with Crippen molar-refractivity contribution in [2.75, 3.05) is 6.54 Å². The lowest BCUT2D eigenvalue weighted by molar-refractivity contribution is -0.154. The zero-order valence-electron chi connectivity index (χ0n) is 8.52. The van der Waals surface area contributed by atoms with Crippen molar-refractivity contribution >= 4 is 5.97 Å². The van der Waals surface area contributed by atoms with Crippen molar-refractivity contribution < 1.29 is 11.0 Å². The number of hydrogen-bond acceptors (Lipinski definition) is 3. The number of rotatable bonds is 3. The quantitative estimate of drug-likeness (QED) is 0.631. The molecule has 0 aliphatic heterocycles. The highest BCUT2D eigenvalue weighted by Crippen LogP contribution is 2.08. The van der Waals surface area contributed by atoms with Gasteiger partial charge >= 0.3 is 7.40 Å². The normalized spacial score (nSPS) is 11.3. The van der Waals surface area contributed by atoms with Gasteiger partial charge in [0.15, 0.2) is 0 Å². The van der Waals surface area contributed by atoms with E-state index < -0.39 is 0 Å². The van der Waals surface area contributed by atoms with Crippen molar-refractivity contribution in [2.45, 2.75) is 39.2 Å². The fraction of sp³-hybridized carbons (Fsp3) is 0.875. The molecule has 11 heavy (non-hydrogen) atoms. The standard InChI is InChI=1S/C8H17NO2/c1-8(2,3)11-7(10)5-4-6-9/h4-6,9H2,1-3H3/p+1. The van der Waals surface area contributed by atoms with Crippen LogP contribution in [0.2, 0.25) is 0 Å². The number of carbonyl (C=O) groups excluding carboxylic acids is 1. The molecule has 3 heteroatoms. The molecule has 0 rings (SSSR count). The molecule has 0 aromatic heterocycles. The first kappa shape index (κ1) is 10.4. The van der Waals surface area contributed by atoms with Crippen LogP contribution in [-0.2, 0) is 9.53 Å². The Morgan fingerprint density at radius 2 is 2.09 bits per heavy atom. The number of esters is 1. The Morgan fingerprint density at radius 1 is 1.55 bits per heavy atom. The average Bonchev–Trinajstić information content (AvgIpc) is 1.79. The molecule has 66 valence electrons. The Bertz CT molecular complexity index is 132. The lowest BCUT2D eigenvalue weighted by Crippen LogP contribution is -2.24. The number of nitrogens with two attached hydrogens (primary N) is 1. The predicted molar refractivity (Wildman–Crippen MR) is 45.2 cm³/mol. The van der Waals surface area contributed by atoms with Crippen LogP contribution >= 0.6 is 0 Å². The minimum Gasteiger partial charge on any atom is -0.460 e. The van der Waals surface area contributed by atoms with Crippen molar-refractivity contribution in [1.82, 2.24) is 0 Å². The minimum absolute atomic E-state index is 0. The van der Waals surface area contributed by atoms with E-state index in [1.165, 1.54) is 0 Å². The molecule has 0 aliphatic rings. The lowest BCUT2D eigenvalue weighted by Gasteiger charge is -2.19. The zero-order valence-corrected chi connectivity index (χ0v) is 7.52. The molecule has 0 amide bonds. The van der Waals surface area contributed by atoms with Gasteiger partial charge in [-0.3, -0.25) is 4.79 Å². The second-order valence-corrected chi connectivity index (χ2v) is 3.48. The molecule has 3 nitrogen and oxygen atoms in total. The molecule has 0 saturated heterocycles. The van der Waals surface area contributed by atoms with Crippen LogP contribution < -0.4 is 5.73 Å². The largest absolute Gasteiger partial charge is 1.00 e. The first-order valence-electron chi connectivity index (χ1n) is 3.87. The molecule has 0 spiro atoms. The predicted octanol–water partition coefficient (Wildman–Crippen LogP) is 1.18. The van der Waals surface area contributed by atoms with E-state index >= 15 is 0 Å². The summed E-state index contributed by atoms with van der Waals surface area (Å²) in [5, 5.41) is 0. The van der Waals surface area contributed by atoms with Gasteiger partial charge in [0, 0.05) is 6.42 Å². The van der Waals surface area contributed by atoms with Crippen molar-refractivity contribution in [3.63, 3.8) is 0 Å². The van der Waals surface area contributed by atoms with Gasteiger partial charge in [0.2, 0.25) is 0 Å². The highest BCUT2D eigenvalue weighted by Gasteiger charge is 2.14. The van der Waals surface area contributed by atoms with Gasteiger partial charge in [0.05, 0.1) is 0 Å². The van der Waals surface area contributed by atoms with E-state index in [-0.39, 0.29) is 13.0 Å². The molecule has 0 atom stereocenters. The van der Waals surface area contributed by atoms with E-state index in [0.29, 0.717) is 19.4 Å². The van der Waals surface area contributed by atoms with E-state index in [1.54, 1.807) is 0 Å². The molecule has 0 saturated carbocycles. The van der Waals surface area contributed by atoms with E-state index in [0.717, 1.165) is 0 Å². The number of hydrogen-bond donors (Lipinski definition) is 1. The van der Waals surface area contributed by atoms with Crippen LogP contribution in [0.4, 0.5) is 0 Å². The summed E-state index contributed by atoms with van der Waals surface area (Å²) < 4.78 is 5.05. The van der Waals surface area contributed by atoms with Gasteiger partial charge in [-0.05, 0) is 33.7 Å². The smallest absolute Gasteiger partial charge is 0.460 e. The second-order valence-electron chi connectivity index (χ2n) is 3.48. The van der Waals surface area contributed by atoms with Crippen LogP contribution in [-0.4, -0.2) is 18.1 Å². The number of carbonyl (C=O) groups is 1. The molecule has 0 bridgehead atoms. The summed E-state index contributed by atoms with van der Waals surface area (Å²) in [7, 11) is 0. The zero-order chi connectivity index (χ0) is 8.91. The molecule has 0 radical (unpaired) electrons. The summed E-state index contributed by atoms with van der Waals surface area (Å²) in [5.74, 6) is -0.164. The summed E-state index contributed by atoms with van der Waals surface area (Å²) in [6.07, 6.45) is 1.13. The van der Waals surface area contributed by atoms with E-state index in [1.807, 2.05) is 20.8 Å². The summed E-state index contributed by atoms with van der Waals surface area (Å²) in [5.41, 5.74) is 4.86. The van der Waals surface area contributed by atoms with Crippen molar-refractivity contribution in [3.8, 4) is 0 Å². The molecule has 0 fully saturated rings. The molecular weight excluding hydrogens is 142 g/mol. The topological polar surface area (TPSA) is 52.3 Å². The van der Waals surface area contributed by atoms with Gasteiger partial charge in [-0.15, -0.1) is 0 Å².